The van der Waals surface area contributed by atoms with Gasteiger partial charge in [-0.3, -0.25) is 9.59 Å². The average Bonchev–Trinajstić information content (AvgIpc) is 2.12. The van der Waals surface area contributed by atoms with Gasteiger partial charge in [-0.1, -0.05) is 0 Å². The maximum Gasteiger partial charge on any atom is 0.305 e. The molecule has 0 radical (unpaired) electrons. The van der Waals surface area contributed by atoms with Crippen LogP contribution in [-0.4, -0.2) is 28.0 Å². The Hall–Kier alpha value is -2.11. The number of amides is 1. The molecule has 0 aromatic carbocycles. The van der Waals surface area contributed by atoms with Crippen molar-refractivity contribution in [2.75, 3.05) is 5.32 Å². The van der Waals surface area contributed by atoms with Gasteiger partial charge in [-0.2, -0.15) is 0 Å². The number of carboxylic acid groups (broad SMARTS) is 1. The van der Waals surface area contributed by atoms with Gasteiger partial charge in [-0.25, -0.2) is 4.98 Å². The Morgan fingerprint density at radius 2 is 2.11 bits per heavy atom. The van der Waals surface area contributed by atoms with Gasteiger partial charge in [0, 0.05) is 11.7 Å². The fourth-order valence-corrected chi connectivity index (χ4v) is 1.80. The summed E-state index contributed by atoms with van der Waals surface area (Å²) < 4.78 is 0. The molecule has 1 atom stereocenters. The van der Waals surface area contributed by atoms with Crippen molar-refractivity contribution < 1.29 is 14.7 Å². The van der Waals surface area contributed by atoms with Crippen LogP contribution in [-0.2, 0) is 4.79 Å². The van der Waals surface area contributed by atoms with Crippen molar-refractivity contribution >= 4 is 17.7 Å². The number of aromatic nitrogens is 1. The molecule has 0 aliphatic carbocycles. The number of primary amides is 1. The average molecular weight is 251 g/mol. The second-order valence-electron chi connectivity index (χ2n) is 4.31. The quantitative estimate of drug-likeness (QED) is 0.726. The number of carbonyl (C=O) groups is 2. The van der Waals surface area contributed by atoms with E-state index in [1.165, 1.54) is 0 Å². The number of carboxylic acids is 1. The smallest absolute Gasteiger partial charge is 0.305 e. The SMILES string of the molecule is Cc1cc(C)c(C(N)=O)c(NC(C)CC(=O)O)n1. The number of anilines is 1. The highest BCUT2D eigenvalue weighted by molar-refractivity contribution is 5.99. The molecule has 4 N–H and O–H groups in total. The molecule has 1 rings (SSSR count). The minimum atomic E-state index is -0.917. The van der Waals surface area contributed by atoms with Crippen molar-refractivity contribution in [2.45, 2.75) is 33.2 Å². The first-order valence-corrected chi connectivity index (χ1v) is 5.57. The van der Waals surface area contributed by atoms with Gasteiger partial charge in [-0.05, 0) is 32.4 Å². The number of pyridine rings is 1. The van der Waals surface area contributed by atoms with Crippen LogP contribution in [0.1, 0.15) is 35.0 Å². The predicted molar refractivity (Wildman–Crippen MR) is 67.6 cm³/mol. The molecular weight excluding hydrogens is 234 g/mol. The molecule has 18 heavy (non-hydrogen) atoms. The van der Waals surface area contributed by atoms with Crippen LogP contribution < -0.4 is 11.1 Å². The van der Waals surface area contributed by atoms with E-state index >= 15 is 0 Å². The fraction of sp³-hybridized carbons (Fsp3) is 0.417. The van der Waals surface area contributed by atoms with Gasteiger partial charge in [0.05, 0.1) is 12.0 Å². The molecule has 6 nitrogen and oxygen atoms in total. The third-order valence-corrected chi connectivity index (χ3v) is 2.46. The van der Waals surface area contributed by atoms with E-state index in [4.69, 9.17) is 10.8 Å². The summed E-state index contributed by atoms with van der Waals surface area (Å²) >= 11 is 0. The third kappa shape index (κ3) is 3.44. The lowest BCUT2D eigenvalue weighted by molar-refractivity contribution is -0.137. The number of aliphatic carboxylic acids is 1. The fourth-order valence-electron chi connectivity index (χ4n) is 1.80. The maximum atomic E-state index is 11.4. The molecule has 1 unspecified atom stereocenters. The summed E-state index contributed by atoms with van der Waals surface area (Å²) in [4.78, 5) is 26.2. The molecule has 1 heterocycles. The molecule has 0 spiro atoms. The zero-order valence-corrected chi connectivity index (χ0v) is 10.7. The number of nitrogens with two attached hydrogens (primary N) is 1. The Morgan fingerprint density at radius 1 is 1.50 bits per heavy atom. The summed E-state index contributed by atoms with van der Waals surface area (Å²) in [6.07, 6.45) is -0.0626. The molecule has 98 valence electrons. The summed E-state index contributed by atoms with van der Waals surface area (Å²) in [5.74, 6) is -1.15. The number of nitrogens with one attached hydrogen (secondary N) is 1. The van der Waals surface area contributed by atoms with E-state index in [9.17, 15) is 9.59 Å². The standard InChI is InChI=1S/C12H17N3O3/c1-6-4-7(2)14-12(10(6)11(13)18)15-8(3)5-9(16)17/h4,8H,5H2,1-3H3,(H2,13,18)(H,14,15)(H,16,17). The van der Waals surface area contributed by atoms with Crippen LogP contribution in [0.3, 0.4) is 0 Å². The zero-order valence-electron chi connectivity index (χ0n) is 10.7. The number of nitrogens with zero attached hydrogens (tertiary/aromatic N) is 1. The Balaban J connectivity index is 3.07. The molecule has 6 heteroatoms. The molecule has 1 amide bonds. The van der Waals surface area contributed by atoms with Crippen LogP contribution in [0.15, 0.2) is 6.07 Å². The Kier molecular flexibility index (Phi) is 4.25. The van der Waals surface area contributed by atoms with Gasteiger partial charge < -0.3 is 16.2 Å². The van der Waals surface area contributed by atoms with Crippen molar-refractivity contribution in [1.29, 1.82) is 0 Å². The molecule has 1 aromatic heterocycles. The number of hydrogen-bond acceptors (Lipinski definition) is 4. The summed E-state index contributed by atoms with van der Waals surface area (Å²) in [5.41, 5.74) is 7.07. The van der Waals surface area contributed by atoms with E-state index in [1.54, 1.807) is 26.8 Å². The number of hydrogen-bond donors (Lipinski definition) is 3. The van der Waals surface area contributed by atoms with Crippen molar-refractivity contribution in [2.24, 2.45) is 5.73 Å². The topological polar surface area (TPSA) is 105 Å². The van der Waals surface area contributed by atoms with E-state index in [-0.39, 0.29) is 12.5 Å². The first-order chi connectivity index (χ1) is 8.31. The molecule has 0 fully saturated rings. The van der Waals surface area contributed by atoms with Gasteiger partial charge in [-0.15, -0.1) is 0 Å². The zero-order chi connectivity index (χ0) is 13.9. The minimum absolute atomic E-state index is 0.0626. The molecule has 0 bridgehead atoms. The van der Waals surface area contributed by atoms with Crippen LogP contribution in [0, 0.1) is 13.8 Å². The summed E-state index contributed by atoms with van der Waals surface area (Å²) in [7, 11) is 0. The highest BCUT2D eigenvalue weighted by Crippen LogP contribution is 2.19. The Bertz CT molecular complexity index is 486. The Morgan fingerprint density at radius 3 is 2.61 bits per heavy atom. The normalized spacial score (nSPS) is 11.9. The minimum Gasteiger partial charge on any atom is -0.481 e. The van der Waals surface area contributed by atoms with Crippen LogP contribution >= 0.6 is 0 Å². The second-order valence-corrected chi connectivity index (χ2v) is 4.31. The van der Waals surface area contributed by atoms with Gasteiger partial charge >= 0.3 is 5.97 Å². The highest BCUT2D eigenvalue weighted by Gasteiger charge is 2.16. The summed E-state index contributed by atoms with van der Waals surface area (Å²) in [5, 5.41) is 11.6. The summed E-state index contributed by atoms with van der Waals surface area (Å²) in [6, 6.07) is 1.42. The van der Waals surface area contributed by atoms with Crippen molar-refractivity contribution in [3.8, 4) is 0 Å². The van der Waals surface area contributed by atoms with Crippen LogP contribution in [0.5, 0.6) is 0 Å². The summed E-state index contributed by atoms with van der Waals surface area (Å²) in [6.45, 7) is 5.27. The molecular formula is C12H17N3O3. The first-order valence-electron chi connectivity index (χ1n) is 5.57. The molecule has 0 saturated heterocycles. The maximum absolute atomic E-state index is 11.4. The van der Waals surface area contributed by atoms with E-state index in [0.717, 1.165) is 11.3 Å². The third-order valence-electron chi connectivity index (χ3n) is 2.46. The van der Waals surface area contributed by atoms with Gasteiger partial charge in [0.1, 0.15) is 5.82 Å². The van der Waals surface area contributed by atoms with Gasteiger partial charge in [0.2, 0.25) is 0 Å². The monoisotopic (exact) mass is 251 g/mol. The van der Waals surface area contributed by atoms with Crippen molar-refractivity contribution in [1.82, 2.24) is 4.98 Å². The van der Waals surface area contributed by atoms with Gasteiger partial charge in [0.15, 0.2) is 0 Å². The van der Waals surface area contributed by atoms with Crippen LogP contribution in [0.2, 0.25) is 0 Å². The highest BCUT2D eigenvalue weighted by atomic mass is 16.4. The first kappa shape index (κ1) is 14.0. The van der Waals surface area contributed by atoms with E-state index in [0.29, 0.717) is 11.4 Å². The predicted octanol–water partition coefficient (Wildman–Crippen LogP) is 1.07. The Labute approximate surface area is 105 Å². The second kappa shape index (κ2) is 5.48. The largest absolute Gasteiger partial charge is 0.481 e. The van der Waals surface area contributed by atoms with Crippen LogP contribution in [0.4, 0.5) is 5.82 Å². The lowest BCUT2D eigenvalue weighted by atomic mass is 10.1. The lowest BCUT2D eigenvalue weighted by Gasteiger charge is -2.16. The van der Waals surface area contributed by atoms with E-state index in [1.807, 2.05) is 0 Å². The number of aryl methyl sites for hydroxylation is 2. The molecule has 0 aliphatic rings. The molecule has 1 aromatic rings. The van der Waals surface area contributed by atoms with Gasteiger partial charge in [0.25, 0.3) is 5.91 Å². The number of rotatable bonds is 5. The van der Waals surface area contributed by atoms with Crippen molar-refractivity contribution in [3.63, 3.8) is 0 Å². The number of carbonyl (C=O) groups excluding carboxylic acids is 1. The van der Waals surface area contributed by atoms with E-state index in [2.05, 4.69) is 10.3 Å². The van der Waals surface area contributed by atoms with Crippen LogP contribution in [0.25, 0.3) is 0 Å². The van der Waals surface area contributed by atoms with Crippen molar-refractivity contribution in [3.05, 3.63) is 22.9 Å². The lowest BCUT2D eigenvalue weighted by Crippen LogP contribution is -2.24. The molecule has 0 aliphatic heterocycles. The van der Waals surface area contributed by atoms with E-state index < -0.39 is 11.9 Å². The molecule has 0 saturated carbocycles.